The van der Waals surface area contributed by atoms with Crippen LogP contribution in [0, 0.1) is 24.7 Å². The summed E-state index contributed by atoms with van der Waals surface area (Å²) in [5.74, 6) is 3.59. The number of fused-ring (bicyclic) bond motifs is 1. The fourth-order valence-corrected chi connectivity index (χ4v) is 6.88. The lowest BCUT2D eigenvalue weighted by molar-refractivity contribution is -0.126. The maximum atomic E-state index is 12.6. The fraction of sp³-hybridized carbons (Fsp3) is 0.650. The molecule has 0 radical (unpaired) electrons. The third-order valence-corrected chi connectivity index (χ3v) is 7.50. The molecule has 2 aromatic heterocycles. The van der Waals surface area contributed by atoms with Gasteiger partial charge in [-0.2, -0.15) is 0 Å². The number of thiophene rings is 1. The first kappa shape index (κ1) is 16.5. The van der Waals surface area contributed by atoms with E-state index in [1.165, 1.54) is 43.4 Å². The van der Waals surface area contributed by atoms with E-state index in [0.717, 1.165) is 33.8 Å². The summed E-state index contributed by atoms with van der Waals surface area (Å²) in [6.07, 6.45) is 9.92. The number of anilines is 1. The summed E-state index contributed by atoms with van der Waals surface area (Å²) in [7, 11) is 0. The summed E-state index contributed by atoms with van der Waals surface area (Å²) in [5.41, 5.74) is 0.110. The molecule has 0 aliphatic heterocycles. The molecule has 2 heterocycles. The number of aryl methyl sites for hydroxylation is 1. The number of hydrogen-bond donors (Lipinski definition) is 2. The molecule has 4 aliphatic carbocycles. The van der Waals surface area contributed by atoms with Crippen LogP contribution in [0.4, 0.5) is 5.82 Å². The molecule has 4 saturated carbocycles. The molecule has 0 aromatic carbocycles. The molecular formula is C20H26N4OS. The molecule has 2 N–H and O–H groups in total. The summed E-state index contributed by atoms with van der Waals surface area (Å²) in [6, 6.07) is 2.11. The molecule has 0 atom stereocenters. The summed E-state index contributed by atoms with van der Waals surface area (Å²) >= 11 is 1.67. The van der Waals surface area contributed by atoms with Crippen molar-refractivity contribution in [2.45, 2.75) is 57.4 Å². The van der Waals surface area contributed by atoms with Crippen molar-refractivity contribution in [3.63, 3.8) is 0 Å². The Balaban J connectivity index is 1.19. The van der Waals surface area contributed by atoms with Crippen molar-refractivity contribution in [3.8, 4) is 0 Å². The van der Waals surface area contributed by atoms with Crippen molar-refractivity contribution < 1.29 is 4.79 Å². The standard InChI is InChI=1S/C20H26N4OS/c1-12-4-16-18(22-11-23-19(16)26-12)21-3-2-17(25)24-20-8-13-5-14(9-20)7-15(6-13)10-20/h4,11,13-15H,2-3,5-10H2,1H3,(H,24,25)(H,21,22,23). The molecule has 26 heavy (non-hydrogen) atoms. The van der Waals surface area contributed by atoms with Gasteiger partial charge in [-0.05, 0) is 69.3 Å². The zero-order valence-electron chi connectivity index (χ0n) is 15.3. The van der Waals surface area contributed by atoms with Gasteiger partial charge in [-0.3, -0.25) is 4.79 Å². The number of amides is 1. The highest BCUT2D eigenvalue weighted by molar-refractivity contribution is 7.18. The van der Waals surface area contributed by atoms with Crippen LogP contribution in [0.2, 0.25) is 0 Å². The molecule has 6 rings (SSSR count). The minimum atomic E-state index is 0.110. The lowest BCUT2D eigenvalue weighted by atomic mass is 9.53. The second-order valence-electron chi connectivity index (χ2n) is 8.72. The first-order valence-electron chi connectivity index (χ1n) is 9.85. The maximum Gasteiger partial charge on any atom is 0.222 e. The van der Waals surface area contributed by atoms with Crippen molar-refractivity contribution >= 4 is 33.3 Å². The van der Waals surface area contributed by atoms with Gasteiger partial charge in [0, 0.05) is 23.4 Å². The predicted octanol–water partition coefficient (Wildman–Crippen LogP) is 3.89. The third-order valence-electron chi connectivity index (χ3n) is 6.54. The van der Waals surface area contributed by atoms with Crippen LogP contribution in [0.15, 0.2) is 12.4 Å². The highest BCUT2D eigenvalue weighted by Crippen LogP contribution is 2.55. The number of rotatable bonds is 5. The van der Waals surface area contributed by atoms with Crippen LogP contribution in [0.25, 0.3) is 10.2 Å². The van der Waals surface area contributed by atoms with Gasteiger partial charge in [0.05, 0.1) is 5.39 Å². The third kappa shape index (κ3) is 2.98. The van der Waals surface area contributed by atoms with Crippen LogP contribution in [0.3, 0.4) is 0 Å². The van der Waals surface area contributed by atoms with Crippen molar-refractivity contribution in [3.05, 3.63) is 17.3 Å². The quantitative estimate of drug-likeness (QED) is 0.838. The lowest BCUT2D eigenvalue weighted by Crippen LogP contribution is -2.59. The van der Waals surface area contributed by atoms with Gasteiger partial charge in [0.2, 0.25) is 5.91 Å². The van der Waals surface area contributed by atoms with E-state index in [-0.39, 0.29) is 11.4 Å². The van der Waals surface area contributed by atoms with Gasteiger partial charge in [-0.1, -0.05) is 0 Å². The Morgan fingerprint density at radius 3 is 2.58 bits per heavy atom. The highest BCUT2D eigenvalue weighted by atomic mass is 32.1. The fourth-order valence-electron chi connectivity index (χ4n) is 6.03. The number of nitrogens with one attached hydrogen (secondary N) is 2. The zero-order valence-corrected chi connectivity index (χ0v) is 16.1. The van der Waals surface area contributed by atoms with E-state index in [1.54, 1.807) is 17.7 Å². The summed E-state index contributed by atoms with van der Waals surface area (Å²) in [4.78, 5) is 23.5. The maximum absolute atomic E-state index is 12.6. The van der Waals surface area contributed by atoms with Gasteiger partial charge in [0.25, 0.3) is 0 Å². The van der Waals surface area contributed by atoms with Crippen molar-refractivity contribution in [2.24, 2.45) is 17.8 Å². The van der Waals surface area contributed by atoms with E-state index in [9.17, 15) is 4.79 Å². The Morgan fingerprint density at radius 1 is 1.19 bits per heavy atom. The van der Waals surface area contributed by atoms with Crippen molar-refractivity contribution in [1.82, 2.24) is 15.3 Å². The van der Waals surface area contributed by atoms with Gasteiger partial charge in [-0.25, -0.2) is 9.97 Å². The first-order valence-corrected chi connectivity index (χ1v) is 10.7. The Bertz CT molecular complexity index is 810. The molecule has 4 fully saturated rings. The normalized spacial score (nSPS) is 32.1. The van der Waals surface area contributed by atoms with Gasteiger partial charge >= 0.3 is 0 Å². The van der Waals surface area contributed by atoms with E-state index in [2.05, 4.69) is 33.6 Å². The number of aromatic nitrogens is 2. The first-order chi connectivity index (χ1) is 12.6. The van der Waals surface area contributed by atoms with Crippen LogP contribution in [0.5, 0.6) is 0 Å². The largest absolute Gasteiger partial charge is 0.369 e. The Kier molecular flexibility index (Phi) is 3.92. The van der Waals surface area contributed by atoms with Crippen LogP contribution in [-0.4, -0.2) is 28.0 Å². The van der Waals surface area contributed by atoms with Crippen molar-refractivity contribution in [1.29, 1.82) is 0 Å². The molecule has 4 bridgehead atoms. The van der Waals surface area contributed by atoms with Crippen LogP contribution < -0.4 is 10.6 Å². The Labute approximate surface area is 158 Å². The van der Waals surface area contributed by atoms with Gasteiger partial charge < -0.3 is 10.6 Å². The molecule has 0 spiro atoms. The van der Waals surface area contributed by atoms with E-state index in [4.69, 9.17) is 0 Å². The monoisotopic (exact) mass is 370 g/mol. The number of carbonyl (C=O) groups is 1. The SMILES string of the molecule is Cc1cc2c(NCCC(=O)NC34CC5CC(CC(C5)C3)C4)ncnc2s1. The van der Waals surface area contributed by atoms with Gasteiger partial charge in [-0.15, -0.1) is 11.3 Å². The summed E-state index contributed by atoms with van der Waals surface area (Å²) in [5, 5.41) is 7.83. The molecule has 4 aliphatic rings. The predicted molar refractivity (Wildman–Crippen MR) is 104 cm³/mol. The lowest BCUT2D eigenvalue weighted by Gasteiger charge is -2.56. The molecule has 5 nitrogen and oxygen atoms in total. The number of hydrogen-bond acceptors (Lipinski definition) is 5. The molecule has 6 heteroatoms. The number of carbonyl (C=O) groups excluding carboxylic acids is 1. The van der Waals surface area contributed by atoms with Crippen LogP contribution >= 0.6 is 11.3 Å². The summed E-state index contributed by atoms with van der Waals surface area (Å²) in [6.45, 7) is 2.69. The molecule has 138 valence electrons. The zero-order chi connectivity index (χ0) is 17.7. The highest BCUT2D eigenvalue weighted by Gasteiger charge is 2.51. The number of nitrogens with zero attached hydrogens (tertiary/aromatic N) is 2. The van der Waals surface area contributed by atoms with E-state index >= 15 is 0 Å². The average Bonchev–Trinajstić information content (AvgIpc) is 2.94. The summed E-state index contributed by atoms with van der Waals surface area (Å²) < 4.78 is 0. The van der Waals surface area contributed by atoms with Gasteiger partial charge in [0.15, 0.2) is 0 Å². The Hall–Kier alpha value is -1.69. The van der Waals surface area contributed by atoms with Gasteiger partial charge in [0.1, 0.15) is 17.0 Å². The van der Waals surface area contributed by atoms with Crippen LogP contribution in [-0.2, 0) is 4.79 Å². The van der Waals surface area contributed by atoms with E-state index < -0.39 is 0 Å². The van der Waals surface area contributed by atoms with Crippen LogP contribution in [0.1, 0.15) is 49.8 Å². The average molecular weight is 371 g/mol. The molecular weight excluding hydrogens is 344 g/mol. The van der Waals surface area contributed by atoms with Crippen molar-refractivity contribution in [2.75, 3.05) is 11.9 Å². The smallest absolute Gasteiger partial charge is 0.222 e. The second-order valence-corrected chi connectivity index (χ2v) is 9.96. The Morgan fingerprint density at radius 2 is 1.88 bits per heavy atom. The second kappa shape index (κ2) is 6.19. The minimum Gasteiger partial charge on any atom is -0.369 e. The topological polar surface area (TPSA) is 66.9 Å². The minimum absolute atomic E-state index is 0.110. The van der Waals surface area contributed by atoms with E-state index in [0.29, 0.717) is 13.0 Å². The molecule has 0 saturated heterocycles. The molecule has 2 aromatic rings. The molecule has 0 unspecified atom stereocenters. The molecule has 1 amide bonds. The van der Waals surface area contributed by atoms with E-state index in [1.807, 2.05) is 0 Å².